The molecule has 0 saturated heterocycles. The van der Waals surface area contributed by atoms with Crippen LogP contribution < -0.4 is 0 Å². The molecular formula is C6H7O+. The van der Waals surface area contributed by atoms with Crippen molar-refractivity contribution in [2.45, 2.75) is 0 Å². The first kappa shape index (κ1) is 6.09. The minimum Gasteiger partial charge on any atom is -0.412 e. The zero-order chi connectivity index (χ0) is 4.24. The predicted molar refractivity (Wildman–Crippen MR) is 29.7 cm³/mol. The molecule has 0 amide bonds. The zero-order valence-corrected chi connectivity index (χ0v) is 3.89. The van der Waals surface area contributed by atoms with Crippen LogP contribution in [0.15, 0.2) is 30.4 Å². The van der Waals surface area contributed by atoms with E-state index < -0.39 is 0 Å². The predicted octanol–water partition coefficient (Wildman–Crippen LogP) is 0.647. The van der Waals surface area contributed by atoms with Gasteiger partial charge in [-0.2, -0.15) is 0 Å². The molecule has 1 nitrogen and oxygen atoms in total. The molecule has 0 spiro atoms. The second-order valence-corrected chi connectivity index (χ2v) is 1.08. The average molecular weight is 95.1 g/mol. The summed E-state index contributed by atoms with van der Waals surface area (Å²) in [4.78, 5) is 0. The van der Waals surface area contributed by atoms with Crippen LogP contribution in [0, 0.1) is 6.08 Å². The number of allylic oxidation sites excluding steroid dienone is 6. The molecule has 1 heteroatoms. The minimum atomic E-state index is 0. The Kier molecular flexibility index (Phi) is 2.86. The molecule has 2 N–H and O–H groups in total. The molecule has 0 heterocycles. The van der Waals surface area contributed by atoms with Crippen molar-refractivity contribution in [1.82, 2.24) is 0 Å². The summed E-state index contributed by atoms with van der Waals surface area (Å²) in [6, 6.07) is 0. The molecule has 0 saturated carbocycles. The van der Waals surface area contributed by atoms with Crippen molar-refractivity contribution in [2.24, 2.45) is 0 Å². The maximum absolute atomic E-state index is 2.89. The second-order valence-electron chi connectivity index (χ2n) is 1.08. The van der Waals surface area contributed by atoms with Crippen LogP contribution >= 0.6 is 0 Å². The molecule has 0 fully saturated rings. The van der Waals surface area contributed by atoms with E-state index in [1.165, 1.54) is 0 Å². The van der Waals surface area contributed by atoms with Crippen LogP contribution in [0.25, 0.3) is 0 Å². The molecule has 0 aliphatic heterocycles. The lowest BCUT2D eigenvalue weighted by Crippen LogP contribution is -1.56. The normalized spacial score (nSPS) is 12.6. The fourth-order valence-electron chi connectivity index (χ4n) is 0.342. The molecule has 1 aliphatic rings. The van der Waals surface area contributed by atoms with Crippen molar-refractivity contribution in [3.8, 4) is 0 Å². The van der Waals surface area contributed by atoms with Crippen LogP contribution in [-0.4, -0.2) is 5.48 Å². The molecule has 0 aromatic heterocycles. The third kappa shape index (κ3) is 1.88. The molecule has 1 aliphatic carbocycles. The average Bonchev–Trinajstić information content (AvgIpc) is 1.72. The van der Waals surface area contributed by atoms with E-state index in [4.69, 9.17) is 0 Å². The van der Waals surface area contributed by atoms with Crippen LogP contribution in [0.5, 0.6) is 0 Å². The van der Waals surface area contributed by atoms with E-state index in [1.807, 2.05) is 30.4 Å². The van der Waals surface area contributed by atoms with Crippen molar-refractivity contribution in [2.75, 3.05) is 0 Å². The Hall–Kier alpha value is -0.910. The fraction of sp³-hybridized carbons (Fsp3) is 0. The first-order valence-electron chi connectivity index (χ1n) is 1.91. The smallest absolute Gasteiger partial charge is 0.103 e. The number of rotatable bonds is 0. The summed E-state index contributed by atoms with van der Waals surface area (Å²) in [7, 11) is 0. The first-order valence-corrected chi connectivity index (χ1v) is 1.91. The van der Waals surface area contributed by atoms with Gasteiger partial charge in [-0.15, -0.1) is 0 Å². The maximum atomic E-state index is 2.89. The van der Waals surface area contributed by atoms with E-state index in [0.717, 1.165) is 0 Å². The van der Waals surface area contributed by atoms with Crippen LogP contribution in [-0.2, 0) is 0 Å². The molecule has 0 bridgehead atoms. The lowest BCUT2D eigenvalue weighted by molar-refractivity contribution is 0.824. The Morgan fingerprint density at radius 3 is 2.00 bits per heavy atom. The summed E-state index contributed by atoms with van der Waals surface area (Å²) in [6.45, 7) is 0. The molecule has 7 heavy (non-hydrogen) atoms. The van der Waals surface area contributed by atoms with E-state index in [-0.39, 0.29) is 5.48 Å². The molecule has 36 valence electrons. The van der Waals surface area contributed by atoms with Gasteiger partial charge in [0.25, 0.3) is 0 Å². The Morgan fingerprint density at radius 2 is 1.86 bits per heavy atom. The SMILES string of the molecule is O.[C+]1=CC=CC=C1. The van der Waals surface area contributed by atoms with E-state index >= 15 is 0 Å². The molecular weight excluding hydrogens is 88.1 g/mol. The van der Waals surface area contributed by atoms with Gasteiger partial charge >= 0.3 is 0 Å². The molecule has 0 aromatic carbocycles. The standard InChI is InChI=1S/C6H5.H2O/c1-2-4-6-5-3-1;/h1-5H;1H2/q+1;. The summed E-state index contributed by atoms with van der Waals surface area (Å²) < 4.78 is 0. The summed E-state index contributed by atoms with van der Waals surface area (Å²) >= 11 is 0. The van der Waals surface area contributed by atoms with E-state index in [0.29, 0.717) is 0 Å². The molecule has 0 atom stereocenters. The van der Waals surface area contributed by atoms with Gasteiger partial charge in [0.2, 0.25) is 0 Å². The zero-order valence-electron chi connectivity index (χ0n) is 3.89. The second kappa shape index (κ2) is 3.29. The van der Waals surface area contributed by atoms with Crippen molar-refractivity contribution >= 4 is 0 Å². The largest absolute Gasteiger partial charge is 0.412 e. The lowest BCUT2D eigenvalue weighted by atomic mass is 10.3. The van der Waals surface area contributed by atoms with Gasteiger partial charge in [0, 0.05) is 24.3 Å². The van der Waals surface area contributed by atoms with Crippen LogP contribution in [0.4, 0.5) is 0 Å². The van der Waals surface area contributed by atoms with Crippen LogP contribution in [0.3, 0.4) is 0 Å². The topological polar surface area (TPSA) is 31.5 Å². The number of hydrogen-bond acceptors (Lipinski definition) is 0. The highest BCUT2D eigenvalue weighted by Gasteiger charge is 1.78. The van der Waals surface area contributed by atoms with Gasteiger partial charge in [-0.3, -0.25) is 0 Å². The Balaban J connectivity index is 0.000000360. The van der Waals surface area contributed by atoms with Gasteiger partial charge in [-0.05, 0) is 0 Å². The van der Waals surface area contributed by atoms with E-state index in [9.17, 15) is 0 Å². The van der Waals surface area contributed by atoms with Gasteiger partial charge in [0.15, 0.2) is 0 Å². The summed E-state index contributed by atoms with van der Waals surface area (Å²) in [6.07, 6.45) is 12.5. The quantitative estimate of drug-likeness (QED) is 0.395. The van der Waals surface area contributed by atoms with Crippen LogP contribution in [0.2, 0.25) is 0 Å². The Morgan fingerprint density at radius 1 is 1.00 bits per heavy atom. The molecule has 0 radical (unpaired) electrons. The summed E-state index contributed by atoms with van der Waals surface area (Å²) in [5.41, 5.74) is 0. The van der Waals surface area contributed by atoms with Crippen molar-refractivity contribution in [3.05, 3.63) is 36.5 Å². The Labute approximate surface area is 43.0 Å². The van der Waals surface area contributed by atoms with Crippen molar-refractivity contribution in [3.63, 3.8) is 0 Å². The lowest BCUT2D eigenvalue weighted by Gasteiger charge is -1.64. The molecule has 0 aromatic rings. The fourth-order valence-corrected chi connectivity index (χ4v) is 0.342. The third-order valence-electron chi connectivity index (χ3n) is 0.607. The molecule has 0 unspecified atom stereocenters. The van der Waals surface area contributed by atoms with E-state index in [1.54, 1.807) is 0 Å². The van der Waals surface area contributed by atoms with Crippen LogP contribution in [0.1, 0.15) is 0 Å². The van der Waals surface area contributed by atoms with Gasteiger partial charge in [0.05, 0.1) is 0 Å². The van der Waals surface area contributed by atoms with Gasteiger partial charge < -0.3 is 5.48 Å². The van der Waals surface area contributed by atoms with Crippen molar-refractivity contribution in [1.29, 1.82) is 0 Å². The van der Waals surface area contributed by atoms with Gasteiger partial charge in [-0.25, -0.2) is 0 Å². The van der Waals surface area contributed by atoms with Gasteiger partial charge in [-0.1, -0.05) is 0 Å². The highest BCUT2D eigenvalue weighted by atomic mass is 16.0. The molecule has 1 rings (SSSR count). The van der Waals surface area contributed by atoms with E-state index in [2.05, 4.69) is 6.08 Å². The monoisotopic (exact) mass is 95.0 g/mol. The summed E-state index contributed by atoms with van der Waals surface area (Å²) in [5, 5.41) is 0. The highest BCUT2D eigenvalue weighted by Crippen LogP contribution is 1.85. The summed E-state index contributed by atoms with van der Waals surface area (Å²) in [5.74, 6) is 0. The van der Waals surface area contributed by atoms with Crippen molar-refractivity contribution < 1.29 is 5.48 Å². The third-order valence-corrected chi connectivity index (χ3v) is 0.607. The minimum absolute atomic E-state index is 0. The highest BCUT2D eigenvalue weighted by molar-refractivity contribution is 5.18. The Bertz CT molecular complexity index is 73.6. The number of hydrogen-bond donors (Lipinski definition) is 0. The van der Waals surface area contributed by atoms with Gasteiger partial charge in [0.1, 0.15) is 12.2 Å². The first-order chi connectivity index (χ1) is 3.00. The maximum Gasteiger partial charge on any atom is 0.103 e.